The molecule has 0 unspecified atom stereocenters. The van der Waals surface area contributed by atoms with Crippen molar-refractivity contribution in [1.29, 1.82) is 0 Å². The van der Waals surface area contributed by atoms with Gasteiger partial charge in [-0.1, -0.05) is 6.92 Å². The van der Waals surface area contributed by atoms with Gasteiger partial charge in [0.15, 0.2) is 5.82 Å². The molecule has 7 heteroatoms. The number of hydrogen-bond donors (Lipinski definition) is 1. The van der Waals surface area contributed by atoms with Gasteiger partial charge in [0.05, 0.1) is 18.4 Å². The molecule has 0 atom stereocenters. The van der Waals surface area contributed by atoms with Gasteiger partial charge in [-0.3, -0.25) is 0 Å². The number of esters is 1. The average Bonchev–Trinajstić information content (AvgIpc) is 2.95. The molecule has 0 saturated heterocycles. The quantitative estimate of drug-likeness (QED) is 0.819. The predicted molar refractivity (Wildman–Crippen MR) is 78.6 cm³/mol. The summed E-state index contributed by atoms with van der Waals surface area (Å²) in [6, 6.07) is 1.80. The second kappa shape index (κ2) is 6.83. The smallest absolute Gasteiger partial charge is 0.341 e. The number of carbonyl (C=O) groups is 1. The highest BCUT2D eigenvalue weighted by Gasteiger charge is 2.11. The molecule has 2 aromatic rings. The van der Waals surface area contributed by atoms with Crippen LogP contribution in [-0.4, -0.2) is 38.9 Å². The third-order valence-corrected chi connectivity index (χ3v) is 2.70. The maximum Gasteiger partial charge on any atom is 0.341 e. The van der Waals surface area contributed by atoms with Crippen molar-refractivity contribution >= 4 is 11.9 Å². The fourth-order valence-electron chi connectivity index (χ4n) is 1.75. The van der Waals surface area contributed by atoms with E-state index >= 15 is 0 Å². The number of nitrogens with zero attached hydrogens (tertiary/aromatic N) is 4. The molecule has 112 valence electrons. The number of hydrogen-bond acceptors (Lipinski definition) is 6. The minimum Gasteiger partial charge on any atom is -0.462 e. The second-order valence-electron chi connectivity index (χ2n) is 4.51. The number of nitrogens with one attached hydrogen (secondary N) is 1. The topological polar surface area (TPSA) is 81.9 Å². The van der Waals surface area contributed by atoms with Crippen molar-refractivity contribution in [3.63, 3.8) is 0 Å². The highest BCUT2D eigenvalue weighted by atomic mass is 16.5. The van der Waals surface area contributed by atoms with Gasteiger partial charge in [-0.15, -0.1) is 0 Å². The zero-order valence-corrected chi connectivity index (χ0v) is 12.5. The Bertz CT molecular complexity index is 624. The number of anilines is 1. The Hall–Kier alpha value is -2.44. The Morgan fingerprint density at radius 2 is 2.19 bits per heavy atom. The Labute approximate surface area is 123 Å². The number of aromatic nitrogens is 4. The first kappa shape index (κ1) is 15.0. The summed E-state index contributed by atoms with van der Waals surface area (Å²) in [5.41, 5.74) is 1.22. The maximum atomic E-state index is 11.6. The minimum absolute atomic E-state index is 0.335. The summed E-state index contributed by atoms with van der Waals surface area (Å²) in [6.45, 7) is 6.86. The van der Waals surface area contributed by atoms with E-state index in [-0.39, 0.29) is 5.97 Å². The summed E-state index contributed by atoms with van der Waals surface area (Å²) >= 11 is 0. The van der Waals surface area contributed by atoms with Crippen molar-refractivity contribution in [3.8, 4) is 5.82 Å². The summed E-state index contributed by atoms with van der Waals surface area (Å²) in [7, 11) is 0. The van der Waals surface area contributed by atoms with E-state index in [0.717, 1.165) is 18.7 Å². The van der Waals surface area contributed by atoms with Crippen LogP contribution in [0.1, 0.15) is 36.3 Å². The molecule has 1 N–H and O–H groups in total. The summed E-state index contributed by atoms with van der Waals surface area (Å²) in [5.74, 6) is 0.774. The normalized spacial score (nSPS) is 10.4. The minimum atomic E-state index is -0.390. The van der Waals surface area contributed by atoms with Crippen LogP contribution in [0.25, 0.3) is 5.82 Å². The van der Waals surface area contributed by atoms with Crippen LogP contribution in [-0.2, 0) is 4.74 Å². The number of aryl methyl sites for hydroxylation is 1. The van der Waals surface area contributed by atoms with E-state index in [0.29, 0.717) is 23.9 Å². The molecule has 7 nitrogen and oxygen atoms in total. The summed E-state index contributed by atoms with van der Waals surface area (Å²) in [4.78, 5) is 20.3. The van der Waals surface area contributed by atoms with Gasteiger partial charge in [-0.05, 0) is 20.3 Å². The van der Waals surface area contributed by atoms with Gasteiger partial charge >= 0.3 is 5.97 Å². The lowest BCUT2D eigenvalue weighted by Crippen LogP contribution is -2.08. The zero-order valence-electron chi connectivity index (χ0n) is 12.5. The Morgan fingerprint density at radius 3 is 2.90 bits per heavy atom. The molecule has 0 fully saturated rings. The summed E-state index contributed by atoms with van der Waals surface area (Å²) in [6.07, 6.45) is 4.05. The van der Waals surface area contributed by atoms with E-state index in [1.165, 1.54) is 10.9 Å². The van der Waals surface area contributed by atoms with Gasteiger partial charge in [0.2, 0.25) is 5.95 Å². The van der Waals surface area contributed by atoms with Gasteiger partial charge in [0.1, 0.15) is 0 Å². The third-order valence-electron chi connectivity index (χ3n) is 2.70. The monoisotopic (exact) mass is 289 g/mol. The first-order valence-electron chi connectivity index (χ1n) is 6.95. The van der Waals surface area contributed by atoms with Gasteiger partial charge in [-0.2, -0.15) is 10.1 Å². The first-order valence-corrected chi connectivity index (χ1v) is 6.95. The van der Waals surface area contributed by atoms with Crippen LogP contribution < -0.4 is 5.32 Å². The van der Waals surface area contributed by atoms with Crippen molar-refractivity contribution in [3.05, 3.63) is 29.7 Å². The van der Waals surface area contributed by atoms with Crippen LogP contribution >= 0.6 is 0 Å². The Morgan fingerprint density at radius 1 is 1.38 bits per heavy atom. The van der Waals surface area contributed by atoms with Crippen LogP contribution in [0.3, 0.4) is 0 Å². The van der Waals surface area contributed by atoms with Crippen LogP contribution in [0.5, 0.6) is 0 Å². The average molecular weight is 289 g/mol. The molecule has 0 aliphatic heterocycles. The van der Waals surface area contributed by atoms with E-state index in [9.17, 15) is 4.79 Å². The lowest BCUT2D eigenvalue weighted by atomic mass is 10.4. The molecule has 0 radical (unpaired) electrons. The van der Waals surface area contributed by atoms with Gasteiger partial charge in [0.25, 0.3) is 0 Å². The van der Waals surface area contributed by atoms with Crippen LogP contribution in [0, 0.1) is 6.92 Å². The van der Waals surface area contributed by atoms with Crippen LogP contribution in [0.4, 0.5) is 5.95 Å². The lowest BCUT2D eigenvalue weighted by Gasteiger charge is -2.07. The number of rotatable bonds is 6. The van der Waals surface area contributed by atoms with E-state index in [1.54, 1.807) is 19.2 Å². The standard InChI is InChI=1S/C14H19N5O2/c1-4-6-15-14-17-10(3)7-12(18-14)19-9-11(8-16-19)13(20)21-5-2/h7-9H,4-6H2,1-3H3,(H,15,17,18). The number of carbonyl (C=O) groups excluding carboxylic acids is 1. The van der Waals surface area contributed by atoms with Crippen molar-refractivity contribution in [2.24, 2.45) is 0 Å². The van der Waals surface area contributed by atoms with Crippen molar-refractivity contribution in [1.82, 2.24) is 19.7 Å². The third kappa shape index (κ3) is 3.77. The molecule has 21 heavy (non-hydrogen) atoms. The van der Waals surface area contributed by atoms with Crippen molar-refractivity contribution < 1.29 is 9.53 Å². The van der Waals surface area contributed by atoms with Crippen LogP contribution in [0.15, 0.2) is 18.5 Å². The van der Waals surface area contributed by atoms with Gasteiger partial charge in [0, 0.05) is 24.5 Å². The first-order chi connectivity index (χ1) is 10.1. The summed E-state index contributed by atoms with van der Waals surface area (Å²) in [5, 5.41) is 7.29. The van der Waals surface area contributed by atoms with Crippen molar-refractivity contribution in [2.45, 2.75) is 27.2 Å². The van der Waals surface area contributed by atoms with E-state index in [1.807, 2.05) is 6.92 Å². The molecule has 2 heterocycles. The van der Waals surface area contributed by atoms with Crippen molar-refractivity contribution in [2.75, 3.05) is 18.5 Å². The highest BCUT2D eigenvalue weighted by molar-refractivity contribution is 5.88. The van der Waals surface area contributed by atoms with Crippen LogP contribution in [0.2, 0.25) is 0 Å². The molecule has 0 aliphatic rings. The largest absolute Gasteiger partial charge is 0.462 e. The SMILES string of the molecule is CCCNc1nc(C)cc(-n2cc(C(=O)OCC)cn2)n1. The predicted octanol–water partition coefficient (Wildman–Crippen LogP) is 1.97. The number of ether oxygens (including phenoxy) is 1. The molecule has 2 aromatic heterocycles. The lowest BCUT2D eigenvalue weighted by molar-refractivity contribution is 0.0526. The molecule has 2 rings (SSSR count). The van der Waals surface area contributed by atoms with E-state index < -0.39 is 0 Å². The van der Waals surface area contributed by atoms with E-state index in [2.05, 4.69) is 27.3 Å². The molecule has 0 bridgehead atoms. The molecular weight excluding hydrogens is 270 g/mol. The van der Waals surface area contributed by atoms with Gasteiger partial charge in [-0.25, -0.2) is 14.5 Å². The maximum absolute atomic E-state index is 11.6. The van der Waals surface area contributed by atoms with E-state index in [4.69, 9.17) is 4.74 Å². The molecule has 0 aliphatic carbocycles. The molecule has 0 spiro atoms. The Kier molecular flexibility index (Phi) is 4.86. The molecule has 0 saturated carbocycles. The summed E-state index contributed by atoms with van der Waals surface area (Å²) < 4.78 is 6.48. The highest BCUT2D eigenvalue weighted by Crippen LogP contribution is 2.11. The second-order valence-corrected chi connectivity index (χ2v) is 4.51. The molecular formula is C14H19N5O2. The fourth-order valence-corrected chi connectivity index (χ4v) is 1.75. The molecule has 0 amide bonds. The van der Waals surface area contributed by atoms with Gasteiger partial charge < -0.3 is 10.1 Å². The Balaban J connectivity index is 2.25. The fraction of sp³-hybridized carbons (Fsp3) is 0.429. The molecule has 0 aromatic carbocycles. The zero-order chi connectivity index (χ0) is 15.2.